The van der Waals surface area contributed by atoms with E-state index in [-0.39, 0.29) is 27.6 Å². The van der Waals surface area contributed by atoms with Gasteiger partial charge >= 0.3 is 0 Å². The number of benzene rings is 2. The molecule has 0 saturated carbocycles. The van der Waals surface area contributed by atoms with Crippen molar-refractivity contribution in [3.63, 3.8) is 0 Å². The van der Waals surface area contributed by atoms with Crippen LogP contribution in [-0.2, 0) is 0 Å². The lowest BCUT2D eigenvalue weighted by atomic mass is 10.1. The van der Waals surface area contributed by atoms with E-state index in [0.29, 0.717) is 11.3 Å². The summed E-state index contributed by atoms with van der Waals surface area (Å²) in [6.07, 6.45) is 1.19. The standard InChI is InChI=1S/C19H10ClFN4O4/c20-15-5-2-12(8-17(15)25(27)28)18-6-3-13(29-18)10-23-24-19(26)14-4-1-11(9-22)7-16(14)21/h1-8,10H,(H,24,26)/b23-10+. The molecule has 1 amide bonds. The lowest BCUT2D eigenvalue weighted by molar-refractivity contribution is -0.384. The molecule has 0 unspecified atom stereocenters. The largest absolute Gasteiger partial charge is 0.455 e. The van der Waals surface area contributed by atoms with Gasteiger partial charge in [0.15, 0.2) is 0 Å². The van der Waals surface area contributed by atoms with E-state index >= 15 is 0 Å². The van der Waals surface area contributed by atoms with Crippen molar-refractivity contribution in [2.24, 2.45) is 5.10 Å². The van der Waals surface area contributed by atoms with Crippen LogP contribution in [0, 0.1) is 27.3 Å². The first-order chi connectivity index (χ1) is 13.9. The molecule has 0 atom stereocenters. The highest BCUT2D eigenvalue weighted by molar-refractivity contribution is 6.32. The van der Waals surface area contributed by atoms with Gasteiger partial charge in [-0.05, 0) is 42.5 Å². The number of halogens is 2. The molecule has 0 bridgehead atoms. The van der Waals surface area contributed by atoms with Crippen molar-refractivity contribution in [3.8, 4) is 17.4 Å². The molecule has 0 saturated heterocycles. The molecule has 10 heteroatoms. The summed E-state index contributed by atoms with van der Waals surface area (Å²) in [7, 11) is 0. The molecule has 8 nitrogen and oxygen atoms in total. The van der Waals surface area contributed by atoms with Crippen molar-refractivity contribution in [2.45, 2.75) is 0 Å². The third-order valence-electron chi connectivity index (χ3n) is 3.75. The number of nitro benzene ring substituents is 1. The van der Waals surface area contributed by atoms with E-state index in [1.54, 1.807) is 18.2 Å². The fourth-order valence-corrected chi connectivity index (χ4v) is 2.55. The molecular formula is C19H10ClFN4O4. The number of carbonyl (C=O) groups is 1. The molecule has 1 N–H and O–H groups in total. The number of nitriles is 1. The molecule has 3 aromatic rings. The van der Waals surface area contributed by atoms with Crippen molar-refractivity contribution < 1.29 is 18.5 Å². The highest BCUT2D eigenvalue weighted by Gasteiger charge is 2.15. The summed E-state index contributed by atoms with van der Waals surface area (Å²) in [5.74, 6) is -1.07. The molecule has 0 aliphatic carbocycles. The van der Waals surface area contributed by atoms with E-state index in [1.165, 1.54) is 36.5 Å². The fourth-order valence-electron chi connectivity index (χ4n) is 2.37. The van der Waals surface area contributed by atoms with E-state index in [1.807, 2.05) is 0 Å². The van der Waals surface area contributed by atoms with E-state index in [9.17, 15) is 19.3 Å². The van der Waals surface area contributed by atoms with Gasteiger partial charge in [0.25, 0.3) is 11.6 Å². The number of nitrogens with one attached hydrogen (secondary N) is 1. The second-order valence-electron chi connectivity index (χ2n) is 5.63. The summed E-state index contributed by atoms with van der Waals surface area (Å²) < 4.78 is 19.3. The zero-order valence-electron chi connectivity index (χ0n) is 14.4. The predicted octanol–water partition coefficient (Wildman–Crippen LogP) is 4.28. The highest BCUT2D eigenvalue weighted by Crippen LogP contribution is 2.31. The summed E-state index contributed by atoms with van der Waals surface area (Å²) in [4.78, 5) is 22.3. The van der Waals surface area contributed by atoms with Crippen LogP contribution in [0.4, 0.5) is 10.1 Å². The van der Waals surface area contributed by atoms with Crippen molar-refractivity contribution in [2.75, 3.05) is 0 Å². The first kappa shape index (κ1) is 19.7. The van der Waals surface area contributed by atoms with Crippen LogP contribution in [-0.4, -0.2) is 17.0 Å². The van der Waals surface area contributed by atoms with E-state index in [4.69, 9.17) is 21.3 Å². The van der Waals surface area contributed by atoms with Gasteiger partial charge in [-0.1, -0.05) is 11.6 Å². The number of hydrazone groups is 1. The summed E-state index contributed by atoms with van der Waals surface area (Å²) in [6.45, 7) is 0. The predicted molar refractivity (Wildman–Crippen MR) is 102 cm³/mol. The van der Waals surface area contributed by atoms with Gasteiger partial charge in [-0.25, -0.2) is 9.82 Å². The highest BCUT2D eigenvalue weighted by atomic mass is 35.5. The number of carbonyl (C=O) groups excluding carboxylic acids is 1. The molecule has 1 aromatic heterocycles. The van der Waals surface area contributed by atoms with Crippen LogP contribution >= 0.6 is 11.6 Å². The Balaban J connectivity index is 1.71. The number of amides is 1. The number of rotatable bonds is 5. The molecule has 2 aromatic carbocycles. The normalized spacial score (nSPS) is 10.7. The van der Waals surface area contributed by atoms with Crippen LogP contribution in [0.1, 0.15) is 21.7 Å². The average Bonchev–Trinajstić information content (AvgIpc) is 3.16. The monoisotopic (exact) mass is 412 g/mol. The lowest BCUT2D eigenvalue weighted by Crippen LogP contribution is -2.19. The van der Waals surface area contributed by atoms with Gasteiger partial charge in [0.05, 0.1) is 28.3 Å². The van der Waals surface area contributed by atoms with Gasteiger partial charge in [-0.3, -0.25) is 14.9 Å². The number of nitro groups is 1. The Bertz CT molecular complexity index is 1180. The Kier molecular flexibility index (Phi) is 5.66. The minimum Gasteiger partial charge on any atom is -0.455 e. The zero-order chi connectivity index (χ0) is 21.0. The van der Waals surface area contributed by atoms with Gasteiger partial charge in [0.1, 0.15) is 22.4 Å². The Morgan fingerprint density at radius 1 is 1.28 bits per heavy atom. The Labute approximate surface area is 168 Å². The number of nitrogens with zero attached hydrogens (tertiary/aromatic N) is 3. The summed E-state index contributed by atoms with van der Waals surface area (Å²) >= 11 is 5.78. The second kappa shape index (κ2) is 8.33. The Morgan fingerprint density at radius 3 is 2.76 bits per heavy atom. The number of furan rings is 1. The summed E-state index contributed by atoms with van der Waals surface area (Å²) in [5, 5.41) is 23.4. The zero-order valence-corrected chi connectivity index (χ0v) is 15.2. The third-order valence-corrected chi connectivity index (χ3v) is 4.07. The molecule has 0 aliphatic heterocycles. The molecule has 0 aliphatic rings. The maximum Gasteiger partial charge on any atom is 0.288 e. The molecular weight excluding hydrogens is 403 g/mol. The van der Waals surface area contributed by atoms with Crippen molar-refractivity contribution in [1.82, 2.24) is 5.43 Å². The number of hydrogen-bond acceptors (Lipinski definition) is 6. The van der Waals surface area contributed by atoms with Crippen LogP contribution < -0.4 is 5.43 Å². The SMILES string of the molecule is N#Cc1ccc(C(=O)N/N=C/c2ccc(-c3ccc(Cl)c([N+](=O)[O-])c3)o2)c(F)c1. The first-order valence-corrected chi connectivity index (χ1v) is 8.34. The summed E-state index contributed by atoms with van der Waals surface area (Å²) in [5.41, 5.74) is 2.15. The molecule has 0 radical (unpaired) electrons. The smallest absolute Gasteiger partial charge is 0.288 e. The van der Waals surface area contributed by atoms with Gasteiger partial charge in [-0.15, -0.1) is 0 Å². The lowest BCUT2D eigenvalue weighted by Gasteiger charge is -2.01. The minimum absolute atomic E-state index is 0.00448. The van der Waals surface area contributed by atoms with Gasteiger partial charge in [0, 0.05) is 11.6 Å². The van der Waals surface area contributed by atoms with Crippen LogP contribution in [0.25, 0.3) is 11.3 Å². The molecule has 0 fully saturated rings. The van der Waals surface area contributed by atoms with Crippen LogP contribution in [0.15, 0.2) is 58.0 Å². The fraction of sp³-hybridized carbons (Fsp3) is 0. The van der Waals surface area contributed by atoms with Crippen LogP contribution in [0.2, 0.25) is 5.02 Å². The quantitative estimate of drug-likeness (QED) is 0.380. The Morgan fingerprint density at radius 2 is 2.07 bits per heavy atom. The Hall–Kier alpha value is -4.03. The number of hydrogen-bond donors (Lipinski definition) is 1. The van der Waals surface area contributed by atoms with Crippen molar-refractivity contribution >= 4 is 29.4 Å². The first-order valence-electron chi connectivity index (χ1n) is 7.96. The van der Waals surface area contributed by atoms with E-state index < -0.39 is 16.6 Å². The second-order valence-corrected chi connectivity index (χ2v) is 6.04. The van der Waals surface area contributed by atoms with E-state index in [0.717, 1.165) is 6.07 Å². The molecule has 3 rings (SSSR count). The van der Waals surface area contributed by atoms with Crippen molar-refractivity contribution in [1.29, 1.82) is 5.26 Å². The van der Waals surface area contributed by atoms with Crippen LogP contribution in [0.5, 0.6) is 0 Å². The van der Waals surface area contributed by atoms with E-state index in [2.05, 4.69) is 10.5 Å². The summed E-state index contributed by atoms with van der Waals surface area (Å²) in [6, 6.07) is 12.5. The topological polar surface area (TPSA) is 122 Å². The van der Waals surface area contributed by atoms with Crippen LogP contribution in [0.3, 0.4) is 0 Å². The molecule has 1 heterocycles. The maximum absolute atomic E-state index is 13.8. The van der Waals surface area contributed by atoms with Gasteiger partial charge in [-0.2, -0.15) is 10.4 Å². The molecule has 144 valence electrons. The van der Waals surface area contributed by atoms with Crippen molar-refractivity contribution in [3.05, 3.63) is 86.4 Å². The minimum atomic E-state index is -0.846. The maximum atomic E-state index is 13.8. The molecule has 0 spiro atoms. The van der Waals surface area contributed by atoms with Gasteiger partial charge in [0.2, 0.25) is 0 Å². The molecule has 29 heavy (non-hydrogen) atoms. The van der Waals surface area contributed by atoms with Gasteiger partial charge < -0.3 is 4.42 Å². The third kappa shape index (κ3) is 4.45. The average molecular weight is 413 g/mol.